The van der Waals surface area contributed by atoms with Gasteiger partial charge in [-0.3, -0.25) is 14.7 Å². The number of hydrogen-bond acceptors (Lipinski definition) is 6. The number of carbonyl (C=O) groups is 1. The molecule has 0 saturated carbocycles. The summed E-state index contributed by atoms with van der Waals surface area (Å²) in [6.45, 7) is 5.07. The monoisotopic (exact) mass is 486 g/mol. The van der Waals surface area contributed by atoms with E-state index in [1.807, 2.05) is 29.5 Å². The van der Waals surface area contributed by atoms with Gasteiger partial charge in [-0.15, -0.1) is 11.3 Å². The molecule has 2 aromatic heterocycles. The molecule has 4 aromatic rings. The van der Waals surface area contributed by atoms with Crippen LogP contribution < -0.4 is 4.74 Å². The Morgan fingerprint density at radius 2 is 1.83 bits per heavy atom. The first-order valence-electron chi connectivity index (χ1n) is 12.0. The van der Waals surface area contributed by atoms with E-state index in [0.29, 0.717) is 18.8 Å². The summed E-state index contributed by atoms with van der Waals surface area (Å²) in [5.74, 6) is 0.917. The van der Waals surface area contributed by atoms with Crippen molar-refractivity contribution in [2.45, 2.75) is 39.0 Å². The predicted molar refractivity (Wildman–Crippen MR) is 140 cm³/mol. The third-order valence-electron chi connectivity index (χ3n) is 6.37. The number of piperidine rings is 1. The van der Waals surface area contributed by atoms with E-state index in [-0.39, 0.29) is 12.0 Å². The topological polar surface area (TPSA) is 58.6 Å². The van der Waals surface area contributed by atoms with Gasteiger partial charge < -0.3 is 9.64 Å². The summed E-state index contributed by atoms with van der Waals surface area (Å²) in [5, 5.41) is 3.94. The minimum absolute atomic E-state index is 0.0293. The van der Waals surface area contributed by atoms with Gasteiger partial charge in [0.2, 0.25) is 0 Å². The fourth-order valence-corrected chi connectivity index (χ4v) is 5.16. The smallest absolute Gasteiger partial charge is 0.273 e. The Morgan fingerprint density at radius 1 is 1.09 bits per heavy atom. The van der Waals surface area contributed by atoms with Gasteiger partial charge in [0.05, 0.1) is 10.5 Å². The maximum Gasteiger partial charge on any atom is 0.273 e. The normalized spacial score (nSPS) is 14.5. The zero-order valence-corrected chi connectivity index (χ0v) is 21.0. The second kappa shape index (κ2) is 10.5. The Hall–Kier alpha value is -3.29. The molecule has 0 spiro atoms. The molecule has 0 unspecified atom stereocenters. The number of fused-ring (bicyclic) bond motifs is 1. The summed E-state index contributed by atoms with van der Waals surface area (Å²) in [6.07, 6.45) is 3.63. The summed E-state index contributed by atoms with van der Waals surface area (Å²) in [7, 11) is 2.14. The van der Waals surface area contributed by atoms with Crippen LogP contribution in [0.4, 0.5) is 0 Å². The highest BCUT2D eigenvalue weighted by molar-refractivity contribution is 7.09. The van der Waals surface area contributed by atoms with Crippen LogP contribution in [0.1, 0.15) is 39.5 Å². The van der Waals surface area contributed by atoms with Crippen molar-refractivity contribution in [2.24, 2.45) is 0 Å². The van der Waals surface area contributed by atoms with E-state index in [2.05, 4.69) is 70.4 Å². The number of ether oxygens (including phenoxy) is 1. The van der Waals surface area contributed by atoms with Crippen LogP contribution in [-0.2, 0) is 13.1 Å². The first-order chi connectivity index (χ1) is 17.0. The third kappa shape index (κ3) is 5.86. The SMILES string of the molecule is Cc1nc(C(=O)N2CCC(Oc3ccc(CN(C)Cc4ccc5ncccc5c4)cc3)CC2)cs1. The maximum absolute atomic E-state index is 12.6. The van der Waals surface area contributed by atoms with Gasteiger partial charge in [-0.2, -0.15) is 0 Å². The van der Waals surface area contributed by atoms with E-state index in [4.69, 9.17) is 4.74 Å². The van der Waals surface area contributed by atoms with Gasteiger partial charge in [0, 0.05) is 56.0 Å². The molecule has 0 radical (unpaired) electrons. The highest BCUT2D eigenvalue weighted by atomic mass is 32.1. The number of rotatable bonds is 7. The van der Waals surface area contributed by atoms with Crippen LogP contribution in [0.2, 0.25) is 0 Å². The molecular formula is C28H30N4O2S. The zero-order valence-electron chi connectivity index (χ0n) is 20.2. The van der Waals surface area contributed by atoms with Crippen molar-refractivity contribution >= 4 is 28.1 Å². The van der Waals surface area contributed by atoms with Crippen molar-refractivity contribution < 1.29 is 9.53 Å². The first kappa shape index (κ1) is 23.5. The molecule has 35 heavy (non-hydrogen) atoms. The van der Waals surface area contributed by atoms with E-state index in [9.17, 15) is 4.79 Å². The lowest BCUT2D eigenvalue weighted by Crippen LogP contribution is -2.41. The van der Waals surface area contributed by atoms with Crippen molar-refractivity contribution in [3.63, 3.8) is 0 Å². The molecule has 1 aliphatic rings. The predicted octanol–water partition coefficient (Wildman–Crippen LogP) is 5.32. The number of carbonyl (C=O) groups excluding carboxylic acids is 1. The van der Waals surface area contributed by atoms with E-state index in [1.54, 1.807) is 0 Å². The number of hydrogen-bond donors (Lipinski definition) is 0. The van der Waals surface area contributed by atoms with Crippen LogP contribution in [0.5, 0.6) is 5.75 Å². The summed E-state index contributed by atoms with van der Waals surface area (Å²) < 4.78 is 6.22. The molecule has 0 atom stereocenters. The van der Waals surface area contributed by atoms with Crippen LogP contribution >= 0.6 is 11.3 Å². The molecule has 0 aliphatic carbocycles. The number of pyridine rings is 1. The van der Waals surface area contributed by atoms with Gasteiger partial charge in [-0.25, -0.2) is 4.98 Å². The lowest BCUT2D eigenvalue weighted by molar-refractivity contribution is 0.0590. The molecule has 1 saturated heterocycles. The molecule has 1 amide bonds. The van der Waals surface area contributed by atoms with Gasteiger partial charge in [-0.05, 0) is 55.4 Å². The number of amides is 1. The van der Waals surface area contributed by atoms with Crippen LogP contribution in [-0.4, -0.2) is 51.9 Å². The third-order valence-corrected chi connectivity index (χ3v) is 7.14. The summed E-state index contributed by atoms with van der Waals surface area (Å²) in [6, 6.07) is 18.9. The summed E-state index contributed by atoms with van der Waals surface area (Å²) >= 11 is 1.52. The summed E-state index contributed by atoms with van der Waals surface area (Å²) in [4.78, 5) is 25.5. The Balaban J connectivity index is 1.10. The van der Waals surface area contributed by atoms with Crippen LogP contribution in [0.3, 0.4) is 0 Å². The standard InChI is InChI=1S/C28H30N4O2S/c1-20-30-27(19-35-20)28(33)32-14-11-25(12-15-32)34-24-8-5-21(6-9-24)17-31(2)18-22-7-10-26-23(16-22)4-3-13-29-26/h3-10,13,16,19,25H,11-12,14-15,17-18H2,1-2H3. The molecule has 7 heteroatoms. The molecule has 2 aromatic carbocycles. The molecule has 180 valence electrons. The number of benzene rings is 2. The molecule has 1 fully saturated rings. The Morgan fingerprint density at radius 3 is 2.57 bits per heavy atom. The molecule has 0 bridgehead atoms. The minimum atomic E-state index is 0.0293. The van der Waals surface area contributed by atoms with E-state index >= 15 is 0 Å². The van der Waals surface area contributed by atoms with Crippen molar-refractivity contribution in [3.8, 4) is 5.75 Å². The number of nitrogens with zero attached hydrogens (tertiary/aromatic N) is 4. The van der Waals surface area contributed by atoms with Gasteiger partial charge in [0.15, 0.2) is 0 Å². The fraction of sp³-hybridized carbons (Fsp3) is 0.321. The maximum atomic E-state index is 12.6. The van der Waals surface area contributed by atoms with Gasteiger partial charge in [0.1, 0.15) is 17.5 Å². The molecule has 3 heterocycles. The van der Waals surface area contributed by atoms with Gasteiger partial charge in [0.25, 0.3) is 5.91 Å². The second-order valence-corrected chi connectivity index (χ2v) is 10.3. The lowest BCUT2D eigenvalue weighted by atomic mass is 10.1. The van der Waals surface area contributed by atoms with E-state index in [0.717, 1.165) is 42.2 Å². The molecule has 6 nitrogen and oxygen atoms in total. The molecule has 1 aliphatic heterocycles. The van der Waals surface area contributed by atoms with Gasteiger partial charge in [-0.1, -0.05) is 24.3 Å². The molecule has 5 rings (SSSR count). The van der Waals surface area contributed by atoms with Crippen molar-refractivity contribution in [1.29, 1.82) is 0 Å². The van der Waals surface area contributed by atoms with Crippen LogP contribution in [0, 0.1) is 6.92 Å². The number of likely N-dealkylation sites (tertiary alicyclic amines) is 1. The summed E-state index contributed by atoms with van der Waals surface area (Å²) in [5.41, 5.74) is 4.12. The molecular weight excluding hydrogens is 456 g/mol. The zero-order chi connectivity index (χ0) is 24.2. The van der Waals surface area contributed by atoms with Crippen LogP contribution in [0.25, 0.3) is 10.9 Å². The quantitative estimate of drug-likeness (QED) is 0.354. The highest BCUT2D eigenvalue weighted by Gasteiger charge is 2.25. The Kier molecular flexibility index (Phi) is 7.06. The number of aromatic nitrogens is 2. The van der Waals surface area contributed by atoms with E-state index < -0.39 is 0 Å². The first-order valence-corrected chi connectivity index (χ1v) is 12.9. The lowest BCUT2D eigenvalue weighted by Gasteiger charge is -2.31. The number of aryl methyl sites for hydroxylation is 1. The van der Waals surface area contributed by atoms with Crippen LogP contribution in [0.15, 0.2) is 66.2 Å². The van der Waals surface area contributed by atoms with E-state index in [1.165, 1.54) is 27.8 Å². The Bertz CT molecular complexity index is 1300. The van der Waals surface area contributed by atoms with Crippen molar-refractivity contribution in [3.05, 3.63) is 88.0 Å². The van der Waals surface area contributed by atoms with Gasteiger partial charge >= 0.3 is 0 Å². The second-order valence-electron chi connectivity index (χ2n) is 9.21. The molecule has 0 N–H and O–H groups in total. The fourth-order valence-electron chi connectivity index (χ4n) is 4.57. The largest absolute Gasteiger partial charge is 0.490 e. The highest BCUT2D eigenvalue weighted by Crippen LogP contribution is 2.22. The average Bonchev–Trinajstić information content (AvgIpc) is 3.31. The number of thiazole rings is 1. The van der Waals surface area contributed by atoms with Crippen molar-refractivity contribution in [1.82, 2.24) is 19.8 Å². The average molecular weight is 487 g/mol. The minimum Gasteiger partial charge on any atom is -0.490 e. The Labute approximate surface area is 210 Å². The van der Waals surface area contributed by atoms with Crippen molar-refractivity contribution in [2.75, 3.05) is 20.1 Å².